The van der Waals surface area contributed by atoms with Crippen molar-refractivity contribution >= 4 is 21.5 Å². The van der Waals surface area contributed by atoms with Crippen LogP contribution >= 0.6 is 0 Å². The van der Waals surface area contributed by atoms with Gasteiger partial charge in [0.1, 0.15) is 11.5 Å². The Morgan fingerprint density at radius 3 is 2.26 bits per heavy atom. The van der Waals surface area contributed by atoms with E-state index in [1.807, 2.05) is 29.2 Å². The molecule has 2 N–H and O–H groups in total. The number of nitrogens with two attached hydrogens (primary N) is 1. The Kier molecular flexibility index (Phi) is 6.14. The summed E-state index contributed by atoms with van der Waals surface area (Å²) < 4.78 is 52.3. The first-order valence-electron chi connectivity index (χ1n) is 13.0. The molecule has 3 aromatic rings. The van der Waals surface area contributed by atoms with Crippen LogP contribution in [0, 0.1) is 5.41 Å². The van der Waals surface area contributed by atoms with Crippen LogP contribution in [0.15, 0.2) is 42.6 Å². The first-order valence-corrected chi connectivity index (χ1v) is 14.7. The van der Waals surface area contributed by atoms with Crippen LogP contribution < -0.4 is 14.9 Å². The molecule has 2 saturated heterocycles. The molecule has 0 unspecified atom stereocenters. The lowest BCUT2D eigenvalue weighted by atomic mass is 9.92. The van der Waals surface area contributed by atoms with E-state index in [0.717, 1.165) is 37.2 Å². The van der Waals surface area contributed by atoms with Crippen molar-refractivity contribution in [3.05, 3.63) is 48.2 Å². The number of sulfonamides is 1. The molecule has 1 aromatic carbocycles. The van der Waals surface area contributed by atoms with Crippen LogP contribution in [0.3, 0.4) is 0 Å². The number of rotatable bonds is 6. The molecular formula is C26H31F2N7O2S. The fourth-order valence-corrected chi connectivity index (χ4v) is 6.20. The largest absolute Gasteiger partial charge is 0.371 e. The van der Waals surface area contributed by atoms with Gasteiger partial charge in [0.2, 0.25) is 10.0 Å². The van der Waals surface area contributed by atoms with Crippen LogP contribution in [0.25, 0.3) is 17.1 Å². The number of anilines is 2. The second-order valence-electron chi connectivity index (χ2n) is 10.9. The number of alkyl halides is 2. The number of benzene rings is 1. The maximum absolute atomic E-state index is 13.6. The van der Waals surface area contributed by atoms with Gasteiger partial charge in [0.25, 0.3) is 5.92 Å². The Morgan fingerprint density at radius 2 is 1.58 bits per heavy atom. The van der Waals surface area contributed by atoms with Crippen molar-refractivity contribution in [3.63, 3.8) is 0 Å². The minimum atomic E-state index is -3.67. The van der Waals surface area contributed by atoms with E-state index >= 15 is 0 Å². The lowest BCUT2D eigenvalue weighted by molar-refractivity contribution is -0.0221. The van der Waals surface area contributed by atoms with Gasteiger partial charge in [-0.1, -0.05) is 23.4 Å². The van der Waals surface area contributed by atoms with Crippen molar-refractivity contribution in [3.8, 4) is 17.1 Å². The number of hydrogen-bond acceptors (Lipinski definition) is 7. The second kappa shape index (κ2) is 9.26. The third-order valence-electron chi connectivity index (χ3n) is 8.09. The van der Waals surface area contributed by atoms with Gasteiger partial charge in [0.05, 0.1) is 11.9 Å². The highest BCUT2D eigenvalue weighted by Crippen LogP contribution is 2.54. The molecular weight excluding hydrogens is 512 g/mol. The van der Waals surface area contributed by atoms with E-state index < -0.39 is 15.9 Å². The van der Waals surface area contributed by atoms with E-state index in [4.69, 9.17) is 5.14 Å². The first-order chi connectivity index (χ1) is 18.1. The molecule has 9 nitrogen and oxygen atoms in total. The number of nitrogens with zero attached hydrogens (tertiary/aromatic N) is 6. The number of aromatic nitrogens is 4. The lowest BCUT2D eigenvalue weighted by Crippen LogP contribution is -2.39. The van der Waals surface area contributed by atoms with Gasteiger partial charge in [0.15, 0.2) is 5.82 Å². The van der Waals surface area contributed by atoms with Gasteiger partial charge in [-0.05, 0) is 54.9 Å². The van der Waals surface area contributed by atoms with Crippen molar-refractivity contribution < 1.29 is 17.2 Å². The highest BCUT2D eigenvalue weighted by Gasteiger charge is 2.44. The molecule has 6 rings (SSSR count). The summed E-state index contributed by atoms with van der Waals surface area (Å²) >= 11 is 0. The molecule has 2 aromatic heterocycles. The van der Waals surface area contributed by atoms with Gasteiger partial charge < -0.3 is 9.80 Å². The van der Waals surface area contributed by atoms with Crippen molar-refractivity contribution in [2.45, 2.75) is 50.2 Å². The molecule has 2 aliphatic heterocycles. The van der Waals surface area contributed by atoms with Gasteiger partial charge in [-0.3, -0.25) is 0 Å². The lowest BCUT2D eigenvalue weighted by Gasteiger charge is -2.35. The SMILES string of the molecule is NS(=O)(=O)Cc1ccc(-c2cn(-c3cccc(N4CCC(F)(F)CC4)n3)nn2)c(N2CCC3(CC2)CC3)c1. The summed E-state index contributed by atoms with van der Waals surface area (Å²) in [6, 6.07) is 11.0. The average Bonchev–Trinajstić information content (AvgIpc) is 3.44. The van der Waals surface area contributed by atoms with Crippen molar-refractivity contribution in [1.29, 1.82) is 0 Å². The minimum Gasteiger partial charge on any atom is -0.371 e. The summed E-state index contributed by atoms with van der Waals surface area (Å²) in [6.45, 7) is 2.30. The van der Waals surface area contributed by atoms with E-state index in [9.17, 15) is 17.2 Å². The fraction of sp³-hybridized carbons (Fsp3) is 0.500. The molecule has 3 aliphatic rings. The molecule has 0 bridgehead atoms. The summed E-state index contributed by atoms with van der Waals surface area (Å²) in [5.74, 6) is -1.68. The Labute approximate surface area is 220 Å². The van der Waals surface area contributed by atoms with Gasteiger partial charge in [-0.15, -0.1) is 5.10 Å². The zero-order valence-electron chi connectivity index (χ0n) is 21.1. The summed E-state index contributed by atoms with van der Waals surface area (Å²) in [5, 5.41) is 14.0. The average molecular weight is 544 g/mol. The van der Waals surface area contributed by atoms with E-state index in [-0.39, 0.29) is 31.7 Å². The van der Waals surface area contributed by atoms with Gasteiger partial charge in [-0.2, -0.15) is 0 Å². The van der Waals surface area contributed by atoms with Gasteiger partial charge >= 0.3 is 0 Å². The minimum absolute atomic E-state index is 0.186. The highest BCUT2D eigenvalue weighted by atomic mass is 32.2. The molecule has 1 aliphatic carbocycles. The number of hydrogen-bond donors (Lipinski definition) is 1. The molecule has 12 heteroatoms. The number of primary sulfonamides is 1. The molecule has 38 heavy (non-hydrogen) atoms. The smallest absolute Gasteiger partial charge is 0.251 e. The summed E-state index contributed by atoms with van der Waals surface area (Å²) in [5.41, 5.74) is 3.55. The molecule has 4 heterocycles. The number of pyridine rings is 1. The third-order valence-corrected chi connectivity index (χ3v) is 8.83. The zero-order valence-corrected chi connectivity index (χ0v) is 21.9. The molecule has 3 fully saturated rings. The Bertz CT molecular complexity index is 1440. The Morgan fingerprint density at radius 1 is 0.895 bits per heavy atom. The van der Waals surface area contributed by atoms with Crippen LogP contribution in [0.5, 0.6) is 0 Å². The number of halogens is 2. The van der Waals surface area contributed by atoms with Crippen LogP contribution in [0.2, 0.25) is 0 Å². The first kappa shape index (κ1) is 25.2. The van der Waals surface area contributed by atoms with Gasteiger partial charge in [-0.25, -0.2) is 32.0 Å². The van der Waals surface area contributed by atoms with E-state index in [1.54, 1.807) is 23.0 Å². The topological polar surface area (TPSA) is 110 Å². The predicted molar refractivity (Wildman–Crippen MR) is 141 cm³/mol. The van der Waals surface area contributed by atoms with E-state index in [1.165, 1.54) is 12.8 Å². The Hall–Kier alpha value is -3.12. The van der Waals surface area contributed by atoms with Crippen molar-refractivity contribution in [1.82, 2.24) is 20.0 Å². The van der Waals surface area contributed by atoms with Crippen LogP contribution in [0.1, 0.15) is 44.1 Å². The molecule has 202 valence electrons. The number of piperidine rings is 2. The quantitative estimate of drug-likeness (QED) is 0.504. The summed E-state index contributed by atoms with van der Waals surface area (Å²) in [4.78, 5) is 8.83. The summed E-state index contributed by atoms with van der Waals surface area (Å²) in [7, 11) is -3.67. The summed E-state index contributed by atoms with van der Waals surface area (Å²) in [6.07, 6.45) is 6.25. The zero-order chi connectivity index (χ0) is 26.5. The van der Waals surface area contributed by atoms with Gasteiger partial charge in [0, 0.05) is 50.3 Å². The van der Waals surface area contributed by atoms with Crippen LogP contribution in [-0.4, -0.2) is 60.5 Å². The molecule has 0 atom stereocenters. The van der Waals surface area contributed by atoms with Crippen molar-refractivity contribution in [2.24, 2.45) is 10.6 Å². The standard InChI is InChI=1S/C26H31F2N7O2S/c27-26(28)10-14-34(15-11-26)23-2-1-3-24(30-23)35-17-21(31-32-35)20-5-4-19(18-38(29,36)37)16-22(20)33-12-8-25(6-7-25)9-13-33/h1-5,16-17H,6-15,18H2,(H2,29,36,37). The predicted octanol–water partition coefficient (Wildman–Crippen LogP) is 3.73. The third kappa shape index (κ3) is 5.37. The maximum atomic E-state index is 13.6. The normalized spacial score (nSPS) is 20.6. The second-order valence-corrected chi connectivity index (χ2v) is 12.5. The molecule has 1 spiro atoms. The van der Waals surface area contributed by atoms with Crippen LogP contribution in [-0.2, 0) is 15.8 Å². The fourth-order valence-electron chi connectivity index (χ4n) is 5.55. The van der Waals surface area contributed by atoms with E-state index in [2.05, 4.69) is 20.2 Å². The maximum Gasteiger partial charge on any atom is 0.251 e. The monoisotopic (exact) mass is 543 g/mol. The highest BCUT2D eigenvalue weighted by molar-refractivity contribution is 7.88. The van der Waals surface area contributed by atoms with Crippen molar-refractivity contribution in [2.75, 3.05) is 36.0 Å². The Balaban J connectivity index is 1.28. The molecule has 1 saturated carbocycles. The molecule has 0 amide bonds. The molecule has 0 radical (unpaired) electrons. The van der Waals surface area contributed by atoms with Crippen LogP contribution in [0.4, 0.5) is 20.3 Å². The van der Waals surface area contributed by atoms with E-state index in [0.29, 0.717) is 28.3 Å².